The molecule has 2 bridgehead atoms. The predicted octanol–water partition coefficient (Wildman–Crippen LogP) is 3.60. The summed E-state index contributed by atoms with van der Waals surface area (Å²) in [6, 6.07) is 0. The van der Waals surface area contributed by atoms with Crippen LogP contribution in [0.3, 0.4) is 0 Å². The molecular weight excluding hydrogens is 212 g/mol. The lowest BCUT2D eigenvalue weighted by atomic mass is 9.60. The van der Waals surface area contributed by atoms with Crippen LogP contribution in [-0.2, 0) is 9.47 Å². The lowest BCUT2D eigenvalue weighted by Crippen LogP contribution is -2.58. The molecule has 2 saturated carbocycles. The molecule has 1 heterocycles. The molecule has 0 amide bonds. The van der Waals surface area contributed by atoms with Crippen molar-refractivity contribution in [2.45, 2.75) is 65.8 Å². The molecule has 3 rings (SSSR count). The Kier molecular flexibility index (Phi) is 2.30. The fraction of sp³-hybridized carbons (Fsp3) is 1.00. The highest BCUT2D eigenvalue weighted by molar-refractivity contribution is 5.20. The minimum absolute atomic E-state index is 0.0295. The van der Waals surface area contributed by atoms with Gasteiger partial charge < -0.3 is 9.47 Å². The second-order valence-corrected chi connectivity index (χ2v) is 7.30. The first-order valence-corrected chi connectivity index (χ1v) is 7.13. The predicted molar refractivity (Wildman–Crippen MR) is 67.6 cm³/mol. The highest BCUT2D eigenvalue weighted by Crippen LogP contribution is 2.73. The summed E-state index contributed by atoms with van der Waals surface area (Å²) in [5.41, 5.74) is 0.803. The first kappa shape index (κ1) is 12.0. The topological polar surface area (TPSA) is 18.5 Å². The van der Waals surface area contributed by atoms with Crippen LogP contribution in [0.1, 0.15) is 53.9 Å². The van der Waals surface area contributed by atoms with E-state index in [0.717, 1.165) is 12.5 Å². The van der Waals surface area contributed by atoms with Crippen LogP contribution in [0, 0.1) is 22.7 Å². The average molecular weight is 238 g/mol. The van der Waals surface area contributed by atoms with Gasteiger partial charge in [-0.3, -0.25) is 0 Å². The van der Waals surface area contributed by atoms with E-state index in [1.807, 2.05) is 0 Å². The van der Waals surface area contributed by atoms with E-state index in [0.29, 0.717) is 16.7 Å². The van der Waals surface area contributed by atoms with E-state index in [4.69, 9.17) is 9.47 Å². The minimum Gasteiger partial charge on any atom is -0.353 e. The third kappa shape index (κ3) is 1.19. The Labute approximate surface area is 105 Å². The summed E-state index contributed by atoms with van der Waals surface area (Å²) in [7, 11) is 0. The van der Waals surface area contributed by atoms with Crippen molar-refractivity contribution in [3.8, 4) is 0 Å². The van der Waals surface area contributed by atoms with Crippen molar-refractivity contribution in [3.05, 3.63) is 0 Å². The highest BCUT2D eigenvalue weighted by Gasteiger charge is 2.71. The molecule has 2 heteroatoms. The van der Waals surface area contributed by atoms with Gasteiger partial charge in [-0.25, -0.2) is 0 Å². The van der Waals surface area contributed by atoms with Gasteiger partial charge in [0.1, 0.15) is 0 Å². The van der Waals surface area contributed by atoms with Crippen LogP contribution in [0.2, 0.25) is 0 Å². The molecule has 0 N–H and O–H groups in total. The van der Waals surface area contributed by atoms with E-state index >= 15 is 0 Å². The van der Waals surface area contributed by atoms with Gasteiger partial charge in [-0.15, -0.1) is 0 Å². The van der Waals surface area contributed by atoms with Gasteiger partial charge in [-0.1, -0.05) is 27.7 Å². The smallest absolute Gasteiger partial charge is 0.155 e. The van der Waals surface area contributed by atoms with E-state index in [9.17, 15) is 0 Å². The van der Waals surface area contributed by atoms with Crippen molar-refractivity contribution in [3.63, 3.8) is 0 Å². The fourth-order valence-corrected chi connectivity index (χ4v) is 5.09. The Bertz CT molecular complexity index is 338. The van der Waals surface area contributed by atoms with Gasteiger partial charge in [0.15, 0.2) is 6.29 Å². The van der Waals surface area contributed by atoms with Crippen LogP contribution in [0.15, 0.2) is 0 Å². The van der Waals surface area contributed by atoms with Crippen LogP contribution in [0.4, 0.5) is 0 Å². The lowest BCUT2D eigenvalue weighted by Gasteiger charge is -2.54. The Morgan fingerprint density at radius 1 is 1.12 bits per heavy atom. The summed E-state index contributed by atoms with van der Waals surface area (Å²) in [4.78, 5) is 0. The molecule has 0 radical (unpaired) electrons. The number of hydrogen-bond acceptors (Lipinski definition) is 2. The molecular formula is C15H26O2. The molecule has 2 nitrogen and oxygen atoms in total. The molecule has 3 aliphatic rings. The second-order valence-electron chi connectivity index (χ2n) is 7.30. The molecule has 0 aromatic carbocycles. The molecule has 98 valence electrons. The molecule has 1 spiro atoms. The van der Waals surface area contributed by atoms with Crippen LogP contribution < -0.4 is 0 Å². The second kappa shape index (κ2) is 3.27. The Morgan fingerprint density at radius 2 is 1.82 bits per heavy atom. The third-order valence-corrected chi connectivity index (χ3v) is 6.67. The van der Waals surface area contributed by atoms with Crippen molar-refractivity contribution >= 4 is 0 Å². The van der Waals surface area contributed by atoms with Crippen molar-refractivity contribution < 1.29 is 9.47 Å². The first-order valence-electron chi connectivity index (χ1n) is 7.13. The monoisotopic (exact) mass is 238 g/mol. The molecule has 1 unspecified atom stereocenters. The van der Waals surface area contributed by atoms with Gasteiger partial charge >= 0.3 is 0 Å². The van der Waals surface area contributed by atoms with Crippen LogP contribution in [-0.4, -0.2) is 18.5 Å². The number of rotatable bonds is 0. The summed E-state index contributed by atoms with van der Waals surface area (Å²) in [5.74, 6) is 1.36. The maximum Gasteiger partial charge on any atom is 0.155 e. The van der Waals surface area contributed by atoms with E-state index in [1.165, 1.54) is 19.3 Å². The van der Waals surface area contributed by atoms with Crippen molar-refractivity contribution in [1.29, 1.82) is 0 Å². The molecule has 1 saturated heterocycles. The van der Waals surface area contributed by atoms with E-state index in [-0.39, 0.29) is 11.9 Å². The standard InChI is InChI=1S/C15H26O2/c1-10-9-16-11(2)17-15(10)8-12-6-7-14(15,5)13(12,3)4/h10-12H,6-9H2,1-5H3/t10-,11?,12+,14+,15-/m0/s1. The highest BCUT2D eigenvalue weighted by atomic mass is 16.7. The molecule has 0 aromatic rings. The maximum atomic E-state index is 6.40. The lowest BCUT2D eigenvalue weighted by molar-refractivity contribution is -0.308. The van der Waals surface area contributed by atoms with Gasteiger partial charge in [0.25, 0.3) is 0 Å². The minimum atomic E-state index is -0.0295. The van der Waals surface area contributed by atoms with Crippen LogP contribution >= 0.6 is 0 Å². The summed E-state index contributed by atoms with van der Waals surface area (Å²) in [6.07, 6.45) is 3.92. The van der Waals surface area contributed by atoms with E-state index < -0.39 is 0 Å². The Balaban J connectivity index is 2.04. The molecule has 2 aliphatic carbocycles. The Hall–Kier alpha value is -0.0800. The van der Waals surface area contributed by atoms with Gasteiger partial charge in [-0.05, 0) is 37.5 Å². The van der Waals surface area contributed by atoms with Gasteiger partial charge in [-0.2, -0.15) is 0 Å². The fourth-order valence-electron chi connectivity index (χ4n) is 5.09. The number of hydrogen-bond donors (Lipinski definition) is 0. The van der Waals surface area contributed by atoms with Gasteiger partial charge in [0.2, 0.25) is 0 Å². The quantitative estimate of drug-likeness (QED) is 0.642. The largest absolute Gasteiger partial charge is 0.353 e. The summed E-state index contributed by atoms with van der Waals surface area (Å²) >= 11 is 0. The molecule has 5 atom stereocenters. The summed E-state index contributed by atoms with van der Waals surface area (Å²) in [5, 5.41) is 0. The Morgan fingerprint density at radius 3 is 2.35 bits per heavy atom. The van der Waals surface area contributed by atoms with E-state index in [1.54, 1.807) is 0 Å². The van der Waals surface area contributed by atoms with Crippen molar-refractivity contribution in [2.75, 3.05) is 6.61 Å². The SMILES string of the molecule is CC1OC[C@H](C)[C@]2(C[C@H]3CC[C@]2(C)C3(C)C)O1. The zero-order valence-electron chi connectivity index (χ0n) is 11.9. The number of fused-ring (bicyclic) bond motifs is 3. The average Bonchev–Trinajstić information content (AvgIpc) is 2.56. The molecule has 17 heavy (non-hydrogen) atoms. The van der Waals surface area contributed by atoms with Gasteiger partial charge in [0.05, 0.1) is 12.2 Å². The van der Waals surface area contributed by atoms with Gasteiger partial charge in [0, 0.05) is 11.3 Å². The number of ether oxygens (including phenoxy) is 2. The van der Waals surface area contributed by atoms with E-state index in [2.05, 4.69) is 34.6 Å². The molecule has 3 fully saturated rings. The molecule has 1 aliphatic heterocycles. The third-order valence-electron chi connectivity index (χ3n) is 6.67. The van der Waals surface area contributed by atoms with Crippen LogP contribution in [0.25, 0.3) is 0 Å². The van der Waals surface area contributed by atoms with Crippen molar-refractivity contribution in [2.24, 2.45) is 22.7 Å². The van der Waals surface area contributed by atoms with Crippen LogP contribution in [0.5, 0.6) is 0 Å². The molecule has 0 aromatic heterocycles. The first-order chi connectivity index (χ1) is 7.83. The summed E-state index contributed by atoms with van der Waals surface area (Å²) < 4.78 is 12.1. The normalized spacial score (nSPS) is 56.6. The zero-order valence-corrected chi connectivity index (χ0v) is 11.9. The summed E-state index contributed by atoms with van der Waals surface area (Å²) in [6.45, 7) is 12.6. The maximum absolute atomic E-state index is 6.40. The van der Waals surface area contributed by atoms with Crippen molar-refractivity contribution in [1.82, 2.24) is 0 Å². The zero-order chi connectivity index (χ0) is 12.5.